The molecule has 0 saturated carbocycles. The number of imide groups is 1. The van der Waals surface area contributed by atoms with E-state index in [-0.39, 0.29) is 5.91 Å². The minimum Gasteiger partial charge on any atom is -0.334 e. The number of likely N-dealkylation sites (N-methyl/N-ethyl adjacent to an activating group) is 1. The highest BCUT2D eigenvalue weighted by atomic mass is 79.9. The first-order chi connectivity index (χ1) is 7.56. The summed E-state index contributed by atoms with van der Waals surface area (Å²) in [7, 11) is 1.60. The number of aliphatic imine (C=N–C) groups is 1. The van der Waals surface area contributed by atoms with Crippen LogP contribution in [0.3, 0.4) is 0 Å². The van der Waals surface area contributed by atoms with Gasteiger partial charge in [-0.2, -0.15) is 0 Å². The highest BCUT2D eigenvalue weighted by Crippen LogP contribution is 2.25. The topological polar surface area (TPSA) is 65.0 Å². The van der Waals surface area contributed by atoms with Gasteiger partial charge in [-0.25, -0.2) is 9.79 Å². The average Bonchev–Trinajstić information content (AvgIpc) is 2.54. The van der Waals surface area contributed by atoms with Crippen molar-refractivity contribution in [3.05, 3.63) is 0 Å². The summed E-state index contributed by atoms with van der Waals surface area (Å²) < 4.78 is 0.555. The highest BCUT2D eigenvalue weighted by molar-refractivity contribution is 9.18. The second-order valence-corrected chi connectivity index (χ2v) is 4.63. The van der Waals surface area contributed by atoms with E-state index in [1.807, 2.05) is 0 Å². The molecule has 2 aliphatic heterocycles. The molecule has 8 heteroatoms. The normalized spacial score (nSPS) is 29.1. The van der Waals surface area contributed by atoms with Crippen LogP contribution in [0.2, 0.25) is 0 Å². The van der Waals surface area contributed by atoms with Crippen molar-refractivity contribution in [2.24, 2.45) is 4.99 Å². The summed E-state index contributed by atoms with van der Waals surface area (Å²) in [5.74, 6) is 0.0510. The molecular formula is C8H10BrClN4O2. The van der Waals surface area contributed by atoms with Crippen molar-refractivity contribution in [2.75, 3.05) is 19.5 Å². The Labute approximate surface area is 106 Å². The Morgan fingerprint density at radius 2 is 2.25 bits per heavy atom. The standard InChI is InChI=1S/C8H10BrClN4O2/c1-13-5-4(6(15)12-8(13)16)14(3-2-10)7(9)11-5/h4-5H,2-3H2,1H3,(H,12,15,16). The van der Waals surface area contributed by atoms with Crippen LogP contribution in [0.1, 0.15) is 0 Å². The molecule has 0 bridgehead atoms. The van der Waals surface area contributed by atoms with Crippen LogP contribution >= 0.6 is 27.5 Å². The molecule has 2 aliphatic rings. The lowest BCUT2D eigenvalue weighted by Gasteiger charge is -2.35. The number of carbonyl (C=O) groups excluding carboxylic acids is 2. The Balaban J connectivity index is 2.28. The van der Waals surface area contributed by atoms with E-state index in [4.69, 9.17) is 11.6 Å². The molecule has 1 fully saturated rings. The number of nitrogens with one attached hydrogen (secondary N) is 1. The lowest BCUT2D eigenvalue weighted by molar-refractivity contribution is -0.126. The lowest BCUT2D eigenvalue weighted by atomic mass is 10.1. The third kappa shape index (κ3) is 1.67. The van der Waals surface area contributed by atoms with E-state index >= 15 is 0 Å². The largest absolute Gasteiger partial charge is 0.334 e. The molecule has 0 aromatic carbocycles. The minimum atomic E-state index is -0.490. The van der Waals surface area contributed by atoms with Gasteiger partial charge in [0.15, 0.2) is 17.0 Å². The molecule has 16 heavy (non-hydrogen) atoms. The van der Waals surface area contributed by atoms with E-state index in [0.29, 0.717) is 17.2 Å². The molecule has 0 aromatic rings. The zero-order chi connectivity index (χ0) is 11.9. The van der Waals surface area contributed by atoms with E-state index < -0.39 is 18.2 Å². The molecule has 6 nitrogen and oxygen atoms in total. The van der Waals surface area contributed by atoms with Crippen molar-refractivity contribution in [3.8, 4) is 0 Å². The molecule has 0 aromatic heterocycles. The zero-order valence-corrected chi connectivity index (χ0v) is 10.8. The van der Waals surface area contributed by atoms with E-state index in [2.05, 4.69) is 26.2 Å². The molecule has 88 valence electrons. The van der Waals surface area contributed by atoms with Gasteiger partial charge in [0.25, 0.3) is 5.91 Å². The molecule has 0 spiro atoms. The fourth-order valence-corrected chi connectivity index (χ4v) is 2.60. The van der Waals surface area contributed by atoms with Crippen molar-refractivity contribution in [1.82, 2.24) is 15.1 Å². The Hall–Kier alpha value is -0.820. The highest BCUT2D eigenvalue weighted by Gasteiger charge is 2.47. The molecule has 2 heterocycles. The van der Waals surface area contributed by atoms with Gasteiger partial charge in [-0.05, 0) is 15.9 Å². The molecule has 2 atom stereocenters. The van der Waals surface area contributed by atoms with Crippen LogP contribution in [0, 0.1) is 0 Å². The third-order valence-corrected chi connectivity index (χ3v) is 3.46. The molecule has 3 amide bonds. The lowest BCUT2D eigenvalue weighted by Crippen LogP contribution is -2.63. The van der Waals surface area contributed by atoms with Gasteiger partial charge in [0.05, 0.1) is 0 Å². The van der Waals surface area contributed by atoms with Gasteiger partial charge < -0.3 is 9.80 Å². The Morgan fingerprint density at radius 3 is 2.88 bits per heavy atom. The predicted octanol–water partition coefficient (Wildman–Crippen LogP) is 0.168. The molecule has 2 unspecified atom stereocenters. The van der Waals surface area contributed by atoms with Gasteiger partial charge in [-0.15, -0.1) is 11.6 Å². The fourth-order valence-electron chi connectivity index (χ4n) is 1.82. The number of alkyl halides is 1. The maximum absolute atomic E-state index is 11.7. The quantitative estimate of drug-likeness (QED) is 0.584. The number of amides is 3. The van der Waals surface area contributed by atoms with Crippen molar-refractivity contribution in [2.45, 2.75) is 12.2 Å². The van der Waals surface area contributed by atoms with Gasteiger partial charge in [0, 0.05) is 19.5 Å². The molecule has 1 N–H and O–H groups in total. The number of rotatable bonds is 2. The van der Waals surface area contributed by atoms with Gasteiger partial charge in [-0.1, -0.05) is 0 Å². The van der Waals surface area contributed by atoms with Crippen LogP contribution in [0.4, 0.5) is 4.79 Å². The van der Waals surface area contributed by atoms with Crippen molar-refractivity contribution in [1.29, 1.82) is 0 Å². The molecule has 0 radical (unpaired) electrons. The van der Waals surface area contributed by atoms with Crippen molar-refractivity contribution >= 4 is 44.2 Å². The van der Waals surface area contributed by atoms with Crippen LogP contribution < -0.4 is 5.32 Å². The summed E-state index contributed by atoms with van der Waals surface area (Å²) in [6.07, 6.45) is -0.473. The fraction of sp³-hybridized carbons (Fsp3) is 0.625. The van der Waals surface area contributed by atoms with Gasteiger partial charge in [0.1, 0.15) is 0 Å². The third-order valence-electron chi connectivity index (χ3n) is 2.64. The first-order valence-electron chi connectivity index (χ1n) is 4.70. The number of hydrogen-bond acceptors (Lipinski definition) is 4. The summed E-state index contributed by atoms with van der Waals surface area (Å²) in [6, 6.07) is -0.918. The summed E-state index contributed by atoms with van der Waals surface area (Å²) in [5.41, 5.74) is 0. The predicted molar refractivity (Wildman–Crippen MR) is 62.7 cm³/mol. The minimum absolute atomic E-state index is 0.337. The van der Waals surface area contributed by atoms with Crippen molar-refractivity contribution in [3.63, 3.8) is 0 Å². The number of hydrogen-bond donors (Lipinski definition) is 1. The maximum Gasteiger partial charge on any atom is 0.325 e. The summed E-state index contributed by atoms with van der Waals surface area (Å²) in [5, 5.41) is 2.28. The SMILES string of the molecule is CN1C(=O)NC(=O)C2C1N=C(Br)N2CCCl. The van der Waals surface area contributed by atoms with Crippen molar-refractivity contribution < 1.29 is 9.59 Å². The number of halogens is 2. The molecule has 2 rings (SSSR count). The first-order valence-corrected chi connectivity index (χ1v) is 6.02. The molecule has 1 saturated heterocycles. The summed E-state index contributed by atoms with van der Waals surface area (Å²) >= 11 is 8.93. The number of carbonyl (C=O) groups is 2. The van der Waals surface area contributed by atoms with Gasteiger partial charge in [-0.3, -0.25) is 10.1 Å². The summed E-state index contributed by atoms with van der Waals surface area (Å²) in [4.78, 5) is 30.5. The Kier molecular flexibility index (Phi) is 3.07. The monoisotopic (exact) mass is 308 g/mol. The zero-order valence-electron chi connectivity index (χ0n) is 8.48. The molecular weight excluding hydrogens is 299 g/mol. The van der Waals surface area contributed by atoms with Crippen LogP contribution in [0.15, 0.2) is 4.99 Å². The average molecular weight is 310 g/mol. The first kappa shape index (κ1) is 11.7. The number of amidine groups is 1. The second kappa shape index (κ2) is 4.21. The number of urea groups is 1. The number of nitrogens with zero attached hydrogens (tertiary/aromatic N) is 3. The van der Waals surface area contributed by atoms with Gasteiger partial charge in [0.2, 0.25) is 0 Å². The second-order valence-electron chi connectivity index (χ2n) is 3.54. The van der Waals surface area contributed by atoms with Crippen LogP contribution in [0.25, 0.3) is 0 Å². The van der Waals surface area contributed by atoms with Crippen LogP contribution in [-0.4, -0.2) is 58.2 Å². The van der Waals surface area contributed by atoms with E-state index in [0.717, 1.165) is 0 Å². The van der Waals surface area contributed by atoms with E-state index in [9.17, 15) is 9.59 Å². The Morgan fingerprint density at radius 1 is 1.56 bits per heavy atom. The molecule has 0 aliphatic carbocycles. The number of fused-ring (bicyclic) bond motifs is 1. The maximum atomic E-state index is 11.7. The smallest absolute Gasteiger partial charge is 0.325 e. The Bertz CT molecular complexity index is 375. The van der Waals surface area contributed by atoms with Crippen LogP contribution in [-0.2, 0) is 4.79 Å². The van der Waals surface area contributed by atoms with E-state index in [1.165, 1.54) is 4.90 Å². The van der Waals surface area contributed by atoms with Crippen LogP contribution in [0.5, 0.6) is 0 Å². The van der Waals surface area contributed by atoms with E-state index in [1.54, 1.807) is 11.9 Å². The summed E-state index contributed by atoms with van der Waals surface area (Å²) in [6.45, 7) is 0.502. The van der Waals surface area contributed by atoms with Gasteiger partial charge >= 0.3 is 6.03 Å².